The van der Waals surface area contributed by atoms with Crippen LogP contribution in [0.1, 0.15) is 123 Å². The van der Waals surface area contributed by atoms with Crippen LogP contribution in [0.4, 0.5) is 4.79 Å². The lowest BCUT2D eigenvalue weighted by Gasteiger charge is -2.35. The number of ether oxygens (including phenoxy) is 4. The number of benzene rings is 3. The van der Waals surface area contributed by atoms with Crippen LogP contribution < -0.4 is 9.47 Å². The summed E-state index contributed by atoms with van der Waals surface area (Å²) in [5.41, 5.74) is 2.25. The molecule has 13 heteroatoms. The maximum absolute atomic E-state index is 14.2. The number of Topliss-reactive ketones (excluding diaryl/α,β-unsaturated/α-hetero) is 2. The smallest absolute Gasteiger partial charge is 0.412 e. The Labute approximate surface area is 378 Å². The summed E-state index contributed by atoms with van der Waals surface area (Å²) in [5, 5.41) is 0. The highest BCUT2D eigenvalue weighted by Crippen LogP contribution is 2.42. The number of hydrogen-bond acceptors (Lipinski definition) is 10. The molecule has 2 heterocycles. The van der Waals surface area contributed by atoms with Gasteiger partial charge in [-0.1, -0.05) is 64.1 Å². The van der Waals surface area contributed by atoms with E-state index in [4.69, 9.17) is 18.9 Å². The summed E-state index contributed by atoms with van der Waals surface area (Å²) in [7, 11) is -2.44. The fourth-order valence-electron chi connectivity index (χ4n) is 8.69. The fraction of sp³-hybridized carbons (Fsp3) is 0.500. The molecule has 11 nitrogen and oxygen atoms in total. The number of hydrogen-bond donors (Lipinski definition) is 0. The van der Waals surface area contributed by atoms with Crippen molar-refractivity contribution in [2.75, 3.05) is 20.2 Å². The van der Waals surface area contributed by atoms with Crippen LogP contribution in [-0.2, 0) is 51.8 Å². The topological polar surface area (TPSA) is 129 Å². The van der Waals surface area contributed by atoms with E-state index in [1.54, 1.807) is 69.9 Å². The number of rotatable bonds is 16. The Hall–Kier alpha value is -4.56. The van der Waals surface area contributed by atoms with Crippen LogP contribution in [0.3, 0.4) is 0 Å². The lowest BCUT2D eigenvalue weighted by molar-refractivity contribution is -0.0807. The van der Waals surface area contributed by atoms with Crippen LogP contribution in [0.25, 0.3) is 0 Å². The van der Waals surface area contributed by atoms with Gasteiger partial charge >= 0.3 is 6.09 Å². The molecule has 0 bridgehead atoms. The molecule has 1 saturated heterocycles. The van der Waals surface area contributed by atoms with Gasteiger partial charge in [0.1, 0.15) is 29.4 Å². The number of ketones is 2. The van der Waals surface area contributed by atoms with Gasteiger partial charge in [0.05, 0.1) is 24.2 Å². The maximum Gasteiger partial charge on any atom is 0.412 e. The number of thiophene rings is 1. The Kier molecular flexibility index (Phi) is 14.4. The van der Waals surface area contributed by atoms with Crippen LogP contribution in [0.5, 0.6) is 11.5 Å². The monoisotopic (exact) mass is 900 g/mol. The quantitative estimate of drug-likeness (QED) is 0.101. The van der Waals surface area contributed by atoms with Crippen molar-refractivity contribution in [2.45, 2.75) is 136 Å². The molecule has 0 radical (unpaired) electrons. The fourth-order valence-corrected chi connectivity index (χ4v) is 11.7. The van der Waals surface area contributed by atoms with Gasteiger partial charge in [0.25, 0.3) is 0 Å². The molecule has 340 valence electrons. The van der Waals surface area contributed by atoms with E-state index < -0.39 is 39.6 Å². The number of methoxy groups -OCH3 is 1. The van der Waals surface area contributed by atoms with Crippen molar-refractivity contribution in [1.29, 1.82) is 0 Å². The third-order valence-corrected chi connectivity index (χ3v) is 14.8. The van der Waals surface area contributed by atoms with Crippen LogP contribution >= 0.6 is 11.3 Å². The molecule has 1 amide bonds. The van der Waals surface area contributed by atoms with Gasteiger partial charge < -0.3 is 18.9 Å². The van der Waals surface area contributed by atoms with Crippen LogP contribution in [0.2, 0.25) is 0 Å². The van der Waals surface area contributed by atoms with Crippen LogP contribution in [0, 0.1) is 11.3 Å². The van der Waals surface area contributed by atoms with E-state index in [1.165, 1.54) is 28.4 Å². The zero-order valence-corrected chi connectivity index (χ0v) is 40.3. The Morgan fingerprint density at radius 1 is 0.952 bits per heavy atom. The lowest BCUT2D eigenvalue weighted by Crippen LogP contribution is -2.52. The largest absolute Gasteiger partial charge is 0.497 e. The molecule has 6 rings (SSSR count). The lowest BCUT2D eigenvalue weighted by atomic mass is 9.75. The highest BCUT2D eigenvalue weighted by atomic mass is 32.2. The number of fused-ring (bicyclic) bond motifs is 1. The van der Waals surface area contributed by atoms with Gasteiger partial charge in [0.2, 0.25) is 10.0 Å². The number of carbonyl (C=O) groups excluding carboxylic acids is 3. The number of sulfonamides is 1. The molecule has 2 aliphatic rings. The third-order valence-electron chi connectivity index (χ3n) is 11.6. The van der Waals surface area contributed by atoms with Crippen molar-refractivity contribution >= 4 is 39.0 Å². The number of aryl methyl sites for hydroxylation is 1. The van der Waals surface area contributed by atoms with Crippen molar-refractivity contribution in [2.24, 2.45) is 11.3 Å². The molecule has 3 aromatic carbocycles. The van der Waals surface area contributed by atoms with Crippen molar-refractivity contribution in [1.82, 2.24) is 9.21 Å². The normalized spacial score (nSPS) is 18.3. The first-order valence-electron chi connectivity index (χ1n) is 21.8. The maximum atomic E-state index is 14.2. The Bertz CT molecular complexity index is 2390. The van der Waals surface area contributed by atoms with E-state index in [2.05, 4.69) is 13.8 Å². The second-order valence-corrected chi connectivity index (χ2v) is 22.6. The Balaban J connectivity index is 1.21. The molecule has 63 heavy (non-hydrogen) atoms. The summed E-state index contributed by atoms with van der Waals surface area (Å²) < 4.78 is 53.9. The Morgan fingerprint density at radius 2 is 1.60 bits per heavy atom. The number of nitrogens with zero attached hydrogens (tertiary/aromatic N) is 2. The summed E-state index contributed by atoms with van der Waals surface area (Å²) in [6.07, 6.45) is 2.06. The zero-order chi connectivity index (χ0) is 46.1. The molecule has 1 aliphatic heterocycles. The first kappa shape index (κ1) is 47.9. The molecule has 0 unspecified atom stereocenters. The molecule has 1 aliphatic carbocycles. The van der Waals surface area contributed by atoms with Gasteiger partial charge in [0, 0.05) is 46.0 Å². The molecule has 1 aromatic heterocycles. The average Bonchev–Trinajstić information content (AvgIpc) is 3.67. The first-order chi connectivity index (χ1) is 29.5. The minimum absolute atomic E-state index is 0.00229. The summed E-state index contributed by atoms with van der Waals surface area (Å²) in [5.74, 6) is 1.09. The summed E-state index contributed by atoms with van der Waals surface area (Å²) in [6, 6.07) is 20.7. The van der Waals surface area contributed by atoms with Gasteiger partial charge in [-0.05, 0) is 126 Å². The first-order valence-corrected chi connectivity index (χ1v) is 24.0. The molecular weight excluding hydrogens is 837 g/mol. The number of carbonyl (C=O) groups is 3. The molecular formula is C50H64N2O9S2. The van der Waals surface area contributed by atoms with E-state index >= 15 is 0 Å². The summed E-state index contributed by atoms with van der Waals surface area (Å²) in [4.78, 5) is 44.6. The van der Waals surface area contributed by atoms with Crippen molar-refractivity contribution in [3.63, 3.8) is 0 Å². The number of amides is 1. The Morgan fingerprint density at radius 3 is 2.22 bits per heavy atom. The van der Waals surface area contributed by atoms with Gasteiger partial charge in [-0.15, -0.1) is 11.3 Å². The highest BCUT2D eigenvalue weighted by Gasteiger charge is 2.52. The van der Waals surface area contributed by atoms with Crippen LogP contribution in [0.15, 0.2) is 77.7 Å². The molecule has 0 spiro atoms. The van der Waals surface area contributed by atoms with Gasteiger partial charge in [0.15, 0.2) is 11.6 Å². The summed E-state index contributed by atoms with van der Waals surface area (Å²) in [6.45, 7) is 19.4. The molecule has 0 N–H and O–H groups in total. The molecule has 2 atom stereocenters. The van der Waals surface area contributed by atoms with Gasteiger partial charge in [-0.3, -0.25) is 14.5 Å². The van der Waals surface area contributed by atoms with E-state index in [0.29, 0.717) is 23.5 Å². The second-order valence-electron chi connectivity index (χ2n) is 19.5. The average molecular weight is 901 g/mol. The minimum atomic E-state index is -3.97. The highest BCUT2D eigenvalue weighted by molar-refractivity contribution is 7.89. The van der Waals surface area contributed by atoms with Gasteiger partial charge in [-0.2, -0.15) is 4.31 Å². The molecule has 4 aromatic rings. The summed E-state index contributed by atoms with van der Waals surface area (Å²) >= 11 is 1.61. The minimum Gasteiger partial charge on any atom is -0.497 e. The standard InChI is InChI=1S/C50H64N2O9S2/c1-32(2)29-51(63(56,57)38-22-20-36(58-11)21-23-38)30-43-41(52(50(9,10)60-43)47(55)61-48(4,5)6)26-34-16-18-37(19-17-34)59-31-35-14-12-13-15-39(35)42(54)27-45-46(33(3)53)40-28-49(7,8)25-24-44(40)62-45/h12-23,32,41,43H,24-31H2,1-11H3/t41-,43+/m0/s1. The van der Waals surface area contributed by atoms with E-state index in [1.807, 2.05) is 62.4 Å². The SMILES string of the molecule is COc1ccc(S(=O)(=O)N(CC(C)C)C[C@H]2OC(C)(C)N(C(=O)OC(C)(C)C)[C@H]2Cc2ccc(OCc3ccccc3C(=O)Cc3sc4c(c3C(C)=O)CC(C)(C)CC4)cc2)cc1. The molecule has 0 saturated carbocycles. The van der Waals surface area contributed by atoms with E-state index in [-0.39, 0.29) is 53.9 Å². The van der Waals surface area contributed by atoms with Crippen molar-refractivity contribution < 1.29 is 41.7 Å². The van der Waals surface area contributed by atoms with Crippen molar-refractivity contribution in [3.8, 4) is 11.5 Å². The predicted octanol–water partition coefficient (Wildman–Crippen LogP) is 10.1. The van der Waals surface area contributed by atoms with Crippen LogP contribution in [-0.4, -0.2) is 79.0 Å². The second kappa shape index (κ2) is 18.9. The third kappa shape index (κ3) is 11.4. The van der Waals surface area contributed by atoms with Crippen molar-refractivity contribution in [3.05, 3.63) is 110 Å². The van der Waals surface area contributed by atoms with E-state index in [0.717, 1.165) is 46.4 Å². The zero-order valence-electron chi connectivity index (χ0n) is 38.7. The predicted molar refractivity (Wildman–Crippen MR) is 246 cm³/mol. The van der Waals surface area contributed by atoms with E-state index in [9.17, 15) is 22.8 Å². The molecule has 1 fully saturated rings. The van der Waals surface area contributed by atoms with Gasteiger partial charge in [-0.25, -0.2) is 13.2 Å².